The number of carboxylic acid groups (broad SMARTS) is 1. The monoisotopic (exact) mass is 283 g/mol. The van der Waals surface area contributed by atoms with E-state index in [1.807, 2.05) is 0 Å². The van der Waals surface area contributed by atoms with Crippen LogP contribution in [-0.4, -0.2) is 30.6 Å². The molecule has 0 aliphatic rings. The first-order chi connectivity index (χ1) is 9.27. The number of amides is 1. The molecule has 1 amide bonds. The van der Waals surface area contributed by atoms with E-state index in [0.29, 0.717) is 6.42 Å². The van der Waals surface area contributed by atoms with Crippen LogP contribution in [0.4, 0.5) is 4.39 Å². The number of methoxy groups -OCH3 is 1. The molecular weight excluding hydrogens is 265 g/mol. The maximum absolute atomic E-state index is 13.2. The van der Waals surface area contributed by atoms with Gasteiger partial charge in [-0.2, -0.15) is 0 Å². The van der Waals surface area contributed by atoms with Crippen LogP contribution in [-0.2, 0) is 4.79 Å². The Bertz CT molecular complexity index is 514. The molecule has 0 aliphatic carbocycles. The van der Waals surface area contributed by atoms with Gasteiger partial charge in [0.25, 0.3) is 5.91 Å². The molecule has 2 N–H and O–H groups in total. The molecule has 0 spiro atoms. The minimum Gasteiger partial charge on any atom is -0.494 e. The quantitative estimate of drug-likeness (QED) is 0.838. The normalized spacial score (nSPS) is 11.0. The molecule has 0 saturated carbocycles. The fourth-order valence-corrected chi connectivity index (χ4v) is 1.50. The Balaban J connectivity index is 2.62. The lowest BCUT2D eigenvalue weighted by Gasteiger charge is -2.18. The van der Waals surface area contributed by atoms with Crippen LogP contribution in [0.1, 0.15) is 30.6 Å². The predicted molar refractivity (Wildman–Crippen MR) is 71.3 cm³/mol. The van der Waals surface area contributed by atoms with Crippen LogP contribution in [0.5, 0.6) is 5.75 Å². The smallest absolute Gasteiger partial charge is 0.309 e. The van der Waals surface area contributed by atoms with E-state index in [1.165, 1.54) is 19.2 Å². The van der Waals surface area contributed by atoms with Gasteiger partial charge in [0.15, 0.2) is 11.6 Å². The van der Waals surface area contributed by atoms with Gasteiger partial charge < -0.3 is 15.2 Å². The SMILES string of the molecule is COc1cc(C(=O)NCCC(C)(C)C(=O)O)ccc1F. The van der Waals surface area contributed by atoms with Crippen molar-refractivity contribution in [3.05, 3.63) is 29.6 Å². The summed E-state index contributed by atoms with van der Waals surface area (Å²) in [4.78, 5) is 22.8. The molecular formula is C14H18FNO4. The lowest BCUT2D eigenvalue weighted by molar-refractivity contribution is -0.147. The summed E-state index contributed by atoms with van der Waals surface area (Å²) in [5.74, 6) is -1.88. The van der Waals surface area contributed by atoms with E-state index in [0.717, 1.165) is 6.07 Å². The highest BCUT2D eigenvalue weighted by molar-refractivity contribution is 5.94. The summed E-state index contributed by atoms with van der Waals surface area (Å²) in [6, 6.07) is 3.79. The van der Waals surface area contributed by atoms with Gasteiger partial charge in [0, 0.05) is 12.1 Å². The van der Waals surface area contributed by atoms with Crippen LogP contribution in [0, 0.1) is 11.2 Å². The summed E-state index contributed by atoms with van der Waals surface area (Å²) in [6.45, 7) is 3.39. The van der Waals surface area contributed by atoms with Crippen molar-refractivity contribution in [2.45, 2.75) is 20.3 Å². The van der Waals surface area contributed by atoms with Gasteiger partial charge >= 0.3 is 5.97 Å². The zero-order chi connectivity index (χ0) is 15.3. The van der Waals surface area contributed by atoms with Gasteiger partial charge in [-0.1, -0.05) is 0 Å². The predicted octanol–water partition coefficient (Wildman–Crippen LogP) is 2.06. The first-order valence-electron chi connectivity index (χ1n) is 6.13. The molecule has 1 aromatic carbocycles. The number of rotatable bonds is 6. The summed E-state index contributed by atoms with van der Waals surface area (Å²) < 4.78 is 18.0. The van der Waals surface area contributed by atoms with Crippen molar-refractivity contribution in [2.24, 2.45) is 5.41 Å². The first-order valence-corrected chi connectivity index (χ1v) is 6.13. The van der Waals surface area contributed by atoms with Gasteiger partial charge in [-0.05, 0) is 38.5 Å². The minimum atomic E-state index is -0.921. The highest BCUT2D eigenvalue weighted by Gasteiger charge is 2.26. The van der Waals surface area contributed by atoms with E-state index < -0.39 is 23.1 Å². The third kappa shape index (κ3) is 3.94. The Kier molecular flexibility index (Phi) is 5.07. The number of ether oxygens (including phenoxy) is 1. The number of carbonyl (C=O) groups is 2. The Morgan fingerprint density at radius 1 is 1.40 bits per heavy atom. The zero-order valence-electron chi connectivity index (χ0n) is 11.7. The summed E-state index contributed by atoms with van der Waals surface area (Å²) in [5, 5.41) is 11.6. The van der Waals surface area contributed by atoms with Crippen LogP contribution in [0.25, 0.3) is 0 Å². The molecule has 0 bridgehead atoms. The second-order valence-corrected chi connectivity index (χ2v) is 5.04. The molecule has 5 nitrogen and oxygen atoms in total. The van der Waals surface area contributed by atoms with Crippen LogP contribution >= 0.6 is 0 Å². The van der Waals surface area contributed by atoms with Gasteiger partial charge in [-0.15, -0.1) is 0 Å². The first kappa shape index (κ1) is 15.9. The molecule has 1 rings (SSSR count). The number of benzene rings is 1. The Morgan fingerprint density at radius 2 is 2.05 bits per heavy atom. The molecule has 0 saturated heterocycles. The number of carboxylic acids is 1. The molecule has 0 atom stereocenters. The fourth-order valence-electron chi connectivity index (χ4n) is 1.50. The van der Waals surface area contributed by atoms with E-state index in [1.54, 1.807) is 13.8 Å². The van der Waals surface area contributed by atoms with Gasteiger partial charge in [-0.25, -0.2) is 4.39 Å². The van der Waals surface area contributed by atoms with E-state index >= 15 is 0 Å². The standard InChI is InChI=1S/C14H18FNO4/c1-14(2,13(18)19)6-7-16-12(17)9-4-5-10(15)11(8-9)20-3/h4-5,8H,6-7H2,1-3H3,(H,16,17)(H,18,19). The number of aliphatic carboxylic acids is 1. The maximum Gasteiger partial charge on any atom is 0.309 e. The van der Waals surface area contributed by atoms with Crippen molar-refractivity contribution in [2.75, 3.05) is 13.7 Å². The van der Waals surface area contributed by atoms with Crippen molar-refractivity contribution in [1.29, 1.82) is 0 Å². The van der Waals surface area contributed by atoms with Crippen molar-refractivity contribution < 1.29 is 23.8 Å². The maximum atomic E-state index is 13.2. The third-order valence-corrected chi connectivity index (χ3v) is 3.03. The fraction of sp³-hybridized carbons (Fsp3) is 0.429. The van der Waals surface area contributed by atoms with E-state index in [2.05, 4.69) is 5.32 Å². The Morgan fingerprint density at radius 3 is 2.60 bits per heavy atom. The second-order valence-electron chi connectivity index (χ2n) is 5.04. The summed E-state index contributed by atoms with van der Waals surface area (Å²) >= 11 is 0. The summed E-state index contributed by atoms with van der Waals surface area (Å²) in [7, 11) is 1.31. The molecule has 110 valence electrons. The van der Waals surface area contributed by atoms with Crippen LogP contribution in [0.15, 0.2) is 18.2 Å². The molecule has 0 aromatic heterocycles. The number of hydrogen-bond acceptors (Lipinski definition) is 3. The van der Waals surface area contributed by atoms with Gasteiger partial charge in [-0.3, -0.25) is 9.59 Å². The number of nitrogens with one attached hydrogen (secondary N) is 1. The molecule has 0 heterocycles. The van der Waals surface area contributed by atoms with Crippen LogP contribution in [0.3, 0.4) is 0 Å². The van der Waals surface area contributed by atoms with E-state index in [-0.39, 0.29) is 17.9 Å². The van der Waals surface area contributed by atoms with Crippen molar-refractivity contribution in [3.8, 4) is 5.75 Å². The molecule has 0 fully saturated rings. The van der Waals surface area contributed by atoms with Crippen LogP contribution in [0.2, 0.25) is 0 Å². The zero-order valence-corrected chi connectivity index (χ0v) is 11.7. The highest BCUT2D eigenvalue weighted by Crippen LogP contribution is 2.20. The molecule has 0 aliphatic heterocycles. The number of hydrogen-bond donors (Lipinski definition) is 2. The largest absolute Gasteiger partial charge is 0.494 e. The Labute approximate surface area is 116 Å². The number of halogens is 1. The lowest BCUT2D eigenvalue weighted by atomic mass is 9.90. The lowest BCUT2D eigenvalue weighted by Crippen LogP contribution is -2.31. The molecule has 0 radical (unpaired) electrons. The minimum absolute atomic E-state index is 0.0106. The Hall–Kier alpha value is -2.11. The molecule has 0 unspecified atom stereocenters. The average Bonchev–Trinajstić information content (AvgIpc) is 2.38. The van der Waals surface area contributed by atoms with Crippen LogP contribution < -0.4 is 10.1 Å². The molecule has 20 heavy (non-hydrogen) atoms. The van der Waals surface area contributed by atoms with Gasteiger partial charge in [0.2, 0.25) is 0 Å². The third-order valence-electron chi connectivity index (χ3n) is 3.03. The second kappa shape index (κ2) is 6.36. The topological polar surface area (TPSA) is 75.6 Å². The van der Waals surface area contributed by atoms with Gasteiger partial charge in [0.05, 0.1) is 12.5 Å². The average molecular weight is 283 g/mol. The van der Waals surface area contributed by atoms with E-state index in [9.17, 15) is 14.0 Å². The number of carbonyl (C=O) groups excluding carboxylic acids is 1. The summed E-state index contributed by atoms with van der Waals surface area (Å²) in [6.07, 6.45) is 0.298. The van der Waals surface area contributed by atoms with E-state index in [4.69, 9.17) is 9.84 Å². The highest BCUT2D eigenvalue weighted by atomic mass is 19.1. The van der Waals surface area contributed by atoms with Crippen molar-refractivity contribution >= 4 is 11.9 Å². The van der Waals surface area contributed by atoms with Crippen molar-refractivity contribution in [3.63, 3.8) is 0 Å². The summed E-state index contributed by atoms with van der Waals surface area (Å²) in [5.41, 5.74) is -0.648. The molecule has 6 heteroatoms. The van der Waals surface area contributed by atoms with Crippen molar-refractivity contribution in [1.82, 2.24) is 5.32 Å². The molecule has 1 aromatic rings. The van der Waals surface area contributed by atoms with Gasteiger partial charge in [0.1, 0.15) is 0 Å².